The van der Waals surface area contributed by atoms with Crippen molar-refractivity contribution in [2.24, 2.45) is 5.41 Å². The summed E-state index contributed by atoms with van der Waals surface area (Å²) in [5, 5.41) is 3.56. The summed E-state index contributed by atoms with van der Waals surface area (Å²) in [7, 11) is 1.73. The van der Waals surface area contributed by atoms with E-state index in [2.05, 4.69) is 44.9 Å². The average Bonchev–Trinajstić information content (AvgIpc) is 2.40. The monoisotopic (exact) mass is 278 g/mol. The number of aromatic nitrogens is 1. The Morgan fingerprint density at radius 3 is 2.50 bits per heavy atom. The molecule has 1 aromatic rings. The highest BCUT2D eigenvalue weighted by Crippen LogP contribution is 2.30. The maximum atomic E-state index is 5.51. The molecule has 0 aliphatic rings. The van der Waals surface area contributed by atoms with Gasteiger partial charge in [0.2, 0.25) is 0 Å². The van der Waals surface area contributed by atoms with Gasteiger partial charge in [0.15, 0.2) is 0 Å². The van der Waals surface area contributed by atoms with Crippen molar-refractivity contribution in [2.75, 3.05) is 13.7 Å². The second kappa shape index (κ2) is 7.07. The Morgan fingerprint density at radius 1 is 1.35 bits per heavy atom. The van der Waals surface area contributed by atoms with Crippen LogP contribution >= 0.6 is 0 Å². The fourth-order valence-electron chi connectivity index (χ4n) is 2.42. The summed E-state index contributed by atoms with van der Waals surface area (Å²) in [6.07, 6.45) is 4.03. The van der Waals surface area contributed by atoms with Gasteiger partial charge in [-0.05, 0) is 32.1 Å². The molecule has 0 aliphatic heterocycles. The summed E-state index contributed by atoms with van der Waals surface area (Å²) in [6, 6.07) is 0.516. The number of nitrogens with zero attached hydrogens (tertiary/aromatic N) is 1. The lowest BCUT2D eigenvalue weighted by Crippen LogP contribution is -2.37. The van der Waals surface area contributed by atoms with Gasteiger partial charge in [-0.25, -0.2) is 0 Å². The molecule has 1 atom stereocenters. The fraction of sp³-hybridized carbons (Fsp3) is 0.706. The van der Waals surface area contributed by atoms with Gasteiger partial charge in [-0.15, -0.1) is 0 Å². The van der Waals surface area contributed by atoms with E-state index in [1.54, 1.807) is 7.11 Å². The van der Waals surface area contributed by atoms with E-state index in [-0.39, 0.29) is 5.41 Å². The lowest BCUT2D eigenvalue weighted by Gasteiger charge is -2.30. The minimum Gasteiger partial charge on any atom is -0.496 e. The van der Waals surface area contributed by atoms with Gasteiger partial charge in [-0.3, -0.25) is 4.98 Å². The van der Waals surface area contributed by atoms with Gasteiger partial charge >= 0.3 is 0 Å². The maximum Gasteiger partial charge on any atom is 0.128 e. The third kappa shape index (κ3) is 4.20. The van der Waals surface area contributed by atoms with Crippen LogP contribution in [0, 0.1) is 19.3 Å². The highest BCUT2D eigenvalue weighted by Gasteiger charge is 2.25. The van der Waals surface area contributed by atoms with Crippen LogP contribution in [0.15, 0.2) is 6.20 Å². The Labute approximate surface area is 124 Å². The van der Waals surface area contributed by atoms with Crippen LogP contribution in [0.3, 0.4) is 0 Å². The van der Waals surface area contributed by atoms with Crippen LogP contribution in [0.5, 0.6) is 5.75 Å². The summed E-state index contributed by atoms with van der Waals surface area (Å²) in [5.41, 5.74) is 3.66. The molecule has 1 unspecified atom stereocenters. The molecule has 3 nitrogen and oxygen atoms in total. The molecule has 1 aromatic heterocycles. The topological polar surface area (TPSA) is 34.2 Å². The minimum atomic E-state index is 0.225. The number of hydrogen-bond donors (Lipinski definition) is 1. The maximum absolute atomic E-state index is 5.51. The van der Waals surface area contributed by atoms with E-state index in [4.69, 9.17) is 4.74 Å². The Morgan fingerprint density at radius 2 is 2.00 bits per heavy atom. The van der Waals surface area contributed by atoms with Crippen LogP contribution in [-0.4, -0.2) is 24.7 Å². The van der Waals surface area contributed by atoms with Crippen LogP contribution < -0.4 is 10.1 Å². The zero-order chi connectivity index (χ0) is 15.3. The van der Waals surface area contributed by atoms with Gasteiger partial charge in [0.05, 0.1) is 7.11 Å². The first-order valence-corrected chi connectivity index (χ1v) is 7.55. The molecular weight excluding hydrogens is 248 g/mol. The second-order valence-corrected chi connectivity index (χ2v) is 6.42. The zero-order valence-electron chi connectivity index (χ0n) is 14.1. The van der Waals surface area contributed by atoms with Crippen molar-refractivity contribution in [3.8, 4) is 5.75 Å². The van der Waals surface area contributed by atoms with E-state index in [0.29, 0.717) is 6.04 Å². The molecule has 3 heteroatoms. The molecule has 0 bridgehead atoms. The van der Waals surface area contributed by atoms with Gasteiger partial charge in [0.25, 0.3) is 0 Å². The third-order valence-electron chi connectivity index (χ3n) is 4.13. The van der Waals surface area contributed by atoms with Crippen molar-refractivity contribution in [2.45, 2.75) is 60.4 Å². The Hall–Kier alpha value is -1.09. The summed E-state index contributed by atoms with van der Waals surface area (Å²) >= 11 is 0. The smallest absolute Gasteiger partial charge is 0.128 e. The van der Waals surface area contributed by atoms with E-state index >= 15 is 0 Å². The quantitative estimate of drug-likeness (QED) is 0.826. The molecule has 114 valence electrons. The van der Waals surface area contributed by atoms with Gasteiger partial charge < -0.3 is 10.1 Å². The Balaban J connectivity index is 2.95. The number of nitrogens with one attached hydrogen (secondary N) is 1. The fourth-order valence-corrected chi connectivity index (χ4v) is 2.42. The zero-order valence-corrected chi connectivity index (χ0v) is 14.1. The molecule has 0 saturated carbocycles. The molecule has 1 rings (SSSR count). The van der Waals surface area contributed by atoms with Crippen molar-refractivity contribution < 1.29 is 4.74 Å². The molecule has 1 heterocycles. The van der Waals surface area contributed by atoms with E-state index in [1.807, 2.05) is 13.1 Å². The third-order valence-corrected chi connectivity index (χ3v) is 4.13. The van der Waals surface area contributed by atoms with E-state index < -0.39 is 0 Å². The first kappa shape index (κ1) is 17.0. The molecule has 0 radical (unpaired) electrons. The molecule has 0 spiro atoms. The summed E-state index contributed by atoms with van der Waals surface area (Å²) < 4.78 is 5.51. The first-order chi connectivity index (χ1) is 9.33. The first-order valence-electron chi connectivity index (χ1n) is 7.55. The highest BCUT2D eigenvalue weighted by molar-refractivity contribution is 5.41. The molecule has 1 N–H and O–H groups in total. The van der Waals surface area contributed by atoms with Crippen LogP contribution in [0.2, 0.25) is 0 Å². The van der Waals surface area contributed by atoms with E-state index in [0.717, 1.165) is 36.4 Å². The number of rotatable bonds is 7. The SMILES string of the molecule is CCC(C)(CNC(C)C)Cc1ncc(C)c(OC)c1C. The van der Waals surface area contributed by atoms with Gasteiger partial charge in [-0.1, -0.05) is 27.7 Å². The molecule has 0 aromatic carbocycles. The lowest BCUT2D eigenvalue weighted by molar-refractivity contribution is 0.277. The standard InChI is InChI=1S/C17H30N2O/c1-8-17(6,11-19-12(2)3)9-15-14(5)16(20-7)13(4)10-18-15/h10,12,19H,8-9,11H2,1-7H3. The number of ether oxygens (including phenoxy) is 1. The Bertz CT molecular complexity index is 443. The predicted molar refractivity (Wildman–Crippen MR) is 85.5 cm³/mol. The van der Waals surface area contributed by atoms with E-state index in [1.165, 1.54) is 5.56 Å². The van der Waals surface area contributed by atoms with Crippen molar-refractivity contribution in [1.29, 1.82) is 0 Å². The molecule has 0 fully saturated rings. The molecule has 0 saturated heterocycles. The van der Waals surface area contributed by atoms with Gasteiger partial charge in [0, 0.05) is 35.6 Å². The largest absolute Gasteiger partial charge is 0.496 e. The molecule has 20 heavy (non-hydrogen) atoms. The van der Waals surface area contributed by atoms with Crippen LogP contribution in [0.25, 0.3) is 0 Å². The molecule has 0 amide bonds. The molecular formula is C17H30N2O. The average molecular weight is 278 g/mol. The van der Waals surface area contributed by atoms with Crippen LogP contribution in [-0.2, 0) is 6.42 Å². The predicted octanol–water partition coefficient (Wildman–Crippen LogP) is 3.66. The highest BCUT2D eigenvalue weighted by atomic mass is 16.5. The normalized spacial score (nSPS) is 14.4. The summed E-state index contributed by atoms with van der Waals surface area (Å²) in [4.78, 5) is 4.64. The number of aryl methyl sites for hydroxylation is 1. The van der Waals surface area contributed by atoms with E-state index in [9.17, 15) is 0 Å². The summed E-state index contributed by atoms with van der Waals surface area (Å²) in [6.45, 7) is 14.1. The van der Waals surface area contributed by atoms with Crippen molar-refractivity contribution in [3.05, 3.63) is 23.0 Å². The lowest BCUT2D eigenvalue weighted by atomic mass is 9.81. The number of methoxy groups -OCH3 is 1. The second-order valence-electron chi connectivity index (χ2n) is 6.42. The van der Waals surface area contributed by atoms with Gasteiger partial charge in [-0.2, -0.15) is 0 Å². The van der Waals surface area contributed by atoms with Crippen LogP contribution in [0.1, 0.15) is 50.9 Å². The molecule has 0 aliphatic carbocycles. The van der Waals surface area contributed by atoms with Crippen LogP contribution in [0.4, 0.5) is 0 Å². The van der Waals surface area contributed by atoms with Crippen molar-refractivity contribution in [3.63, 3.8) is 0 Å². The minimum absolute atomic E-state index is 0.225. The van der Waals surface area contributed by atoms with Crippen molar-refractivity contribution >= 4 is 0 Å². The Kier molecular flexibility index (Phi) is 6.00. The van der Waals surface area contributed by atoms with Gasteiger partial charge in [0.1, 0.15) is 5.75 Å². The number of pyridine rings is 1. The number of hydrogen-bond acceptors (Lipinski definition) is 3. The summed E-state index contributed by atoms with van der Waals surface area (Å²) in [5.74, 6) is 0.977. The van der Waals surface area contributed by atoms with Crippen molar-refractivity contribution in [1.82, 2.24) is 10.3 Å².